The van der Waals surface area contributed by atoms with Gasteiger partial charge in [-0.1, -0.05) is 19.1 Å². The largest absolute Gasteiger partial charge is 0.493 e. The Morgan fingerprint density at radius 2 is 1.56 bits per heavy atom. The maximum atomic E-state index is 11.7. The van der Waals surface area contributed by atoms with Crippen LogP contribution in [0.1, 0.15) is 37.8 Å². The Labute approximate surface area is 190 Å². The Morgan fingerprint density at radius 1 is 0.906 bits per heavy atom. The molecule has 3 N–H and O–H groups in total. The maximum absolute atomic E-state index is 11.7. The summed E-state index contributed by atoms with van der Waals surface area (Å²) in [6.45, 7) is 5.78. The highest BCUT2D eigenvalue weighted by molar-refractivity contribution is 5.90. The van der Waals surface area contributed by atoms with Crippen molar-refractivity contribution < 1.29 is 19.0 Å². The quantitative estimate of drug-likeness (QED) is 0.363. The van der Waals surface area contributed by atoms with Gasteiger partial charge in [0.1, 0.15) is 0 Å². The number of carbonyl (C=O) groups excluding carboxylic acids is 1. The van der Waals surface area contributed by atoms with Gasteiger partial charge in [-0.05, 0) is 48.7 Å². The van der Waals surface area contributed by atoms with Crippen molar-refractivity contribution in [1.29, 1.82) is 0 Å². The molecule has 8 heteroatoms. The molecule has 0 aliphatic heterocycles. The van der Waals surface area contributed by atoms with Crippen molar-refractivity contribution in [3.8, 4) is 17.2 Å². The fourth-order valence-electron chi connectivity index (χ4n) is 3.08. The first-order chi connectivity index (χ1) is 15.5. The summed E-state index contributed by atoms with van der Waals surface area (Å²) in [4.78, 5) is 16.4. The number of nitrogens with zero attached hydrogens (tertiary/aromatic N) is 1. The molecule has 0 aliphatic rings. The Kier molecular flexibility index (Phi) is 10.2. The van der Waals surface area contributed by atoms with Crippen LogP contribution in [0.3, 0.4) is 0 Å². The number of anilines is 1. The molecule has 2 aromatic carbocycles. The molecule has 0 fully saturated rings. The molecule has 8 nitrogen and oxygen atoms in total. The zero-order chi connectivity index (χ0) is 23.3. The van der Waals surface area contributed by atoms with Crippen molar-refractivity contribution >= 4 is 17.6 Å². The second kappa shape index (κ2) is 13.1. The molecule has 0 saturated heterocycles. The number of nitrogens with one attached hydrogen (secondary N) is 3. The summed E-state index contributed by atoms with van der Waals surface area (Å²) in [5.41, 5.74) is 2.82. The van der Waals surface area contributed by atoms with E-state index in [1.165, 1.54) is 0 Å². The Bertz CT molecular complexity index is 872. The summed E-state index contributed by atoms with van der Waals surface area (Å²) in [5, 5.41) is 9.48. The monoisotopic (exact) mass is 442 g/mol. The Balaban J connectivity index is 2.04. The average molecular weight is 443 g/mol. The van der Waals surface area contributed by atoms with Gasteiger partial charge in [0.05, 0.1) is 27.9 Å². The summed E-state index contributed by atoms with van der Waals surface area (Å²) in [7, 11) is 4.77. The lowest BCUT2D eigenvalue weighted by atomic mass is 10.2. The van der Waals surface area contributed by atoms with Crippen molar-refractivity contribution in [1.82, 2.24) is 10.6 Å². The molecule has 174 valence electrons. The number of hydrogen-bond acceptors (Lipinski definition) is 5. The fraction of sp³-hybridized carbons (Fsp3) is 0.417. The van der Waals surface area contributed by atoms with Crippen molar-refractivity contribution in [3.63, 3.8) is 0 Å². The van der Waals surface area contributed by atoms with Crippen LogP contribution in [0.5, 0.6) is 17.2 Å². The lowest BCUT2D eigenvalue weighted by Gasteiger charge is -2.14. The van der Waals surface area contributed by atoms with E-state index in [2.05, 4.69) is 20.9 Å². The van der Waals surface area contributed by atoms with Gasteiger partial charge in [0, 0.05) is 25.2 Å². The van der Waals surface area contributed by atoms with E-state index in [1.807, 2.05) is 50.2 Å². The minimum atomic E-state index is 0.0340. The summed E-state index contributed by atoms with van der Waals surface area (Å²) in [5.74, 6) is 2.48. The third-order valence-electron chi connectivity index (χ3n) is 4.66. The molecule has 0 unspecified atom stereocenters. The number of guanidine groups is 1. The van der Waals surface area contributed by atoms with Gasteiger partial charge in [-0.3, -0.25) is 4.79 Å². The van der Waals surface area contributed by atoms with Crippen molar-refractivity contribution in [2.45, 2.75) is 39.8 Å². The minimum absolute atomic E-state index is 0.0340. The van der Waals surface area contributed by atoms with E-state index in [0.717, 1.165) is 29.8 Å². The number of rotatable bonds is 11. The van der Waals surface area contributed by atoms with Crippen molar-refractivity contribution in [3.05, 3.63) is 47.5 Å². The van der Waals surface area contributed by atoms with Crippen LogP contribution < -0.4 is 30.2 Å². The van der Waals surface area contributed by atoms with Crippen LogP contribution in [0, 0.1) is 0 Å². The van der Waals surface area contributed by atoms with Crippen LogP contribution in [-0.4, -0.2) is 39.7 Å². The molecule has 0 radical (unpaired) electrons. The first kappa shape index (κ1) is 24.8. The topological polar surface area (TPSA) is 93.2 Å². The normalized spacial score (nSPS) is 11.0. The van der Waals surface area contributed by atoms with Gasteiger partial charge >= 0.3 is 0 Å². The smallest absolute Gasteiger partial charge is 0.224 e. The zero-order valence-corrected chi connectivity index (χ0v) is 19.6. The van der Waals surface area contributed by atoms with Crippen LogP contribution in [0.15, 0.2) is 41.4 Å². The van der Waals surface area contributed by atoms with Gasteiger partial charge in [-0.15, -0.1) is 0 Å². The summed E-state index contributed by atoms with van der Waals surface area (Å²) in [6.07, 6.45) is 1.36. The lowest BCUT2D eigenvalue weighted by molar-refractivity contribution is -0.116. The van der Waals surface area contributed by atoms with Gasteiger partial charge in [-0.2, -0.15) is 0 Å². The number of ether oxygens (including phenoxy) is 3. The number of amides is 1. The molecule has 2 aromatic rings. The SMILES string of the molecule is CCCC(=O)Nc1ccc(CNC(=NCc2cc(OC)c(OC)c(OC)c2)NCC)cc1. The van der Waals surface area contributed by atoms with Crippen LogP contribution >= 0.6 is 0 Å². The van der Waals surface area contributed by atoms with E-state index in [4.69, 9.17) is 14.2 Å². The van der Waals surface area contributed by atoms with E-state index in [9.17, 15) is 4.79 Å². The first-order valence-electron chi connectivity index (χ1n) is 10.7. The molecular weight excluding hydrogens is 408 g/mol. The highest BCUT2D eigenvalue weighted by atomic mass is 16.5. The number of aliphatic imine (C=N–C) groups is 1. The zero-order valence-electron chi connectivity index (χ0n) is 19.6. The molecule has 32 heavy (non-hydrogen) atoms. The van der Waals surface area contributed by atoms with E-state index in [1.54, 1.807) is 21.3 Å². The predicted octanol–water partition coefficient (Wildman–Crippen LogP) is 3.71. The molecule has 0 bridgehead atoms. The lowest BCUT2D eigenvalue weighted by Crippen LogP contribution is -2.36. The van der Waals surface area contributed by atoms with Gasteiger partial charge in [0.25, 0.3) is 0 Å². The van der Waals surface area contributed by atoms with Crippen LogP contribution in [-0.2, 0) is 17.9 Å². The Hall–Kier alpha value is -3.42. The number of methoxy groups -OCH3 is 3. The van der Waals surface area contributed by atoms with Gasteiger partial charge < -0.3 is 30.2 Å². The summed E-state index contributed by atoms with van der Waals surface area (Å²) < 4.78 is 16.2. The van der Waals surface area contributed by atoms with Gasteiger partial charge in [0.2, 0.25) is 11.7 Å². The third-order valence-corrected chi connectivity index (χ3v) is 4.66. The van der Waals surface area contributed by atoms with Crippen LogP contribution in [0.4, 0.5) is 5.69 Å². The molecule has 0 heterocycles. The maximum Gasteiger partial charge on any atom is 0.224 e. The molecule has 1 amide bonds. The highest BCUT2D eigenvalue weighted by Crippen LogP contribution is 2.38. The molecular formula is C24H34N4O4. The van der Waals surface area contributed by atoms with Crippen molar-refractivity contribution in [2.24, 2.45) is 4.99 Å². The second-order valence-electron chi connectivity index (χ2n) is 7.08. The Morgan fingerprint density at radius 3 is 2.09 bits per heavy atom. The average Bonchev–Trinajstić information content (AvgIpc) is 2.81. The van der Waals surface area contributed by atoms with Gasteiger partial charge in [0.15, 0.2) is 17.5 Å². The van der Waals surface area contributed by atoms with Gasteiger partial charge in [-0.25, -0.2) is 4.99 Å². The summed E-state index contributed by atoms with van der Waals surface area (Å²) in [6, 6.07) is 11.6. The molecule has 0 spiro atoms. The number of benzene rings is 2. The molecule has 2 rings (SSSR count). The third kappa shape index (κ3) is 7.37. The molecule has 0 atom stereocenters. The van der Waals surface area contributed by atoms with Crippen molar-refractivity contribution in [2.75, 3.05) is 33.2 Å². The number of hydrogen-bond donors (Lipinski definition) is 3. The van der Waals surface area contributed by atoms with E-state index in [0.29, 0.717) is 42.7 Å². The molecule has 0 aromatic heterocycles. The molecule has 0 aliphatic carbocycles. The van der Waals surface area contributed by atoms with Crippen LogP contribution in [0.25, 0.3) is 0 Å². The fourth-order valence-corrected chi connectivity index (χ4v) is 3.08. The van der Waals surface area contributed by atoms with E-state index in [-0.39, 0.29) is 5.91 Å². The minimum Gasteiger partial charge on any atom is -0.493 e. The van der Waals surface area contributed by atoms with E-state index < -0.39 is 0 Å². The summed E-state index contributed by atoms with van der Waals surface area (Å²) >= 11 is 0. The second-order valence-corrected chi connectivity index (χ2v) is 7.08. The number of carbonyl (C=O) groups is 1. The van der Waals surface area contributed by atoms with Crippen LogP contribution in [0.2, 0.25) is 0 Å². The highest BCUT2D eigenvalue weighted by Gasteiger charge is 2.13. The molecule has 0 saturated carbocycles. The van der Waals surface area contributed by atoms with E-state index >= 15 is 0 Å². The standard InChI is InChI=1S/C24H34N4O4/c1-6-8-22(29)28-19-11-9-17(10-12-19)15-26-24(25-7-2)27-16-18-13-20(30-3)23(32-5)21(14-18)31-4/h9-14H,6-8,15-16H2,1-5H3,(H,28,29)(H2,25,26,27). The predicted molar refractivity (Wildman–Crippen MR) is 128 cm³/mol. The first-order valence-corrected chi connectivity index (χ1v) is 10.7.